The number of nitrogens with zero attached hydrogens (tertiary/aromatic N) is 4. The van der Waals surface area contributed by atoms with Crippen LogP contribution in [0.5, 0.6) is 11.5 Å². The maximum Gasteiger partial charge on any atom is 0.254 e. The monoisotopic (exact) mass is 448 g/mol. The highest BCUT2D eigenvalue weighted by molar-refractivity contribution is 5.97. The first-order valence-corrected chi connectivity index (χ1v) is 10.9. The Bertz CT molecular complexity index is 1200. The molecule has 2 aromatic carbocycles. The number of hydrogen-bond donors (Lipinski definition) is 0. The molecule has 3 aromatic rings. The molecule has 2 amide bonds. The number of fused-ring (bicyclic) bond motifs is 1. The average molecular weight is 449 g/mol. The lowest BCUT2D eigenvalue weighted by molar-refractivity contribution is -0.131. The second-order valence-corrected chi connectivity index (χ2v) is 8.14. The lowest BCUT2D eigenvalue weighted by Crippen LogP contribution is -2.51. The van der Waals surface area contributed by atoms with Gasteiger partial charge in [-0.2, -0.15) is 0 Å². The third-order valence-electron chi connectivity index (χ3n) is 6.05. The van der Waals surface area contributed by atoms with Crippen molar-refractivity contribution in [3.63, 3.8) is 0 Å². The van der Waals surface area contributed by atoms with Crippen LogP contribution in [0, 0.1) is 13.8 Å². The van der Waals surface area contributed by atoms with Crippen molar-refractivity contribution in [1.82, 2.24) is 19.8 Å². The molecule has 0 unspecified atom stereocenters. The second-order valence-electron chi connectivity index (χ2n) is 8.14. The van der Waals surface area contributed by atoms with E-state index in [1.54, 1.807) is 42.2 Å². The Hall–Kier alpha value is -3.68. The van der Waals surface area contributed by atoms with Gasteiger partial charge in [-0.3, -0.25) is 9.59 Å². The van der Waals surface area contributed by atoms with Crippen molar-refractivity contribution in [3.8, 4) is 11.5 Å². The summed E-state index contributed by atoms with van der Waals surface area (Å²) < 4.78 is 10.6. The van der Waals surface area contributed by atoms with Crippen molar-refractivity contribution in [2.75, 3.05) is 40.4 Å². The normalized spacial score (nSPS) is 13.8. The molecule has 0 bridgehead atoms. The molecule has 0 atom stereocenters. The summed E-state index contributed by atoms with van der Waals surface area (Å²) in [5.41, 5.74) is 4.68. The van der Waals surface area contributed by atoms with Crippen LogP contribution in [0.2, 0.25) is 0 Å². The molecule has 8 nitrogen and oxygen atoms in total. The number of aromatic nitrogens is 2. The van der Waals surface area contributed by atoms with Crippen LogP contribution in [0.4, 0.5) is 0 Å². The molecule has 1 aliphatic heterocycles. The van der Waals surface area contributed by atoms with Crippen molar-refractivity contribution < 1.29 is 19.1 Å². The number of rotatable bonds is 5. The van der Waals surface area contributed by atoms with Gasteiger partial charge in [-0.1, -0.05) is 6.07 Å². The molecule has 33 heavy (non-hydrogen) atoms. The minimum absolute atomic E-state index is 0.0288. The van der Waals surface area contributed by atoms with Crippen LogP contribution >= 0.6 is 0 Å². The quantitative estimate of drug-likeness (QED) is 0.597. The van der Waals surface area contributed by atoms with E-state index in [-0.39, 0.29) is 18.2 Å². The number of carbonyl (C=O) groups is 2. The summed E-state index contributed by atoms with van der Waals surface area (Å²) in [5.74, 6) is 1.21. The van der Waals surface area contributed by atoms with E-state index in [1.165, 1.54) is 0 Å². The zero-order valence-electron chi connectivity index (χ0n) is 19.4. The van der Waals surface area contributed by atoms with Crippen molar-refractivity contribution in [2.45, 2.75) is 20.3 Å². The molecule has 0 spiro atoms. The van der Waals surface area contributed by atoms with Crippen molar-refractivity contribution in [3.05, 3.63) is 58.9 Å². The fraction of sp³-hybridized carbons (Fsp3) is 0.360. The van der Waals surface area contributed by atoms with Crippen LogP contribution in [0.3, 0.4) is 0 Å². The van der Waals surface area contributed by atoms with Crippen LogP contribution < -0.4 is 9.47 Å². The molecule has 2 heterocycles. The predicted octanol–water partition coefficient (Wildman–Crippen LogP) is 2.79. The number of amides is 2. The first-order valence-electron chi connectivity index (χ1n) is 10.9. The molecule has 0 saturated carbocycles. The number of methoxy groups -OCH3 is 2. The standard InChI is InChI=1S/C25H28N4O4/c1-16-17(2)27-21-15-19(6-7-20(21)26-16)25(31)29-11-9-28(10-12-29)24(30)14-18-5-8-22(32-3)23(13-18)33-4/h5-8,13,15H,9-12,14H2,1-4H3. The summed E-state index contributed by atoms with van der Waals surface area (Å²) >= 11 is 0. The molecule has 0 N–H and O–H groups in total. The van der Waals surface area contributed by atoms with E-state index >= 15 is 0 Å². The summed E-state index contributed by atoms with van der Waals surface area (Å²) in [6, 6.07) is 10.9. The second kappa shape index (κ2) is 9.44. The summed E-state index contributed by atoms with van der Waals surface area (Å²) in [4.78, 5) is 38.5. The number of ether oxygens (including phenoxy) is 2. The van der Waals surface area contributed by atoms with Gasteiger partial charge in [0.1, 0.15) is 0 Å². The van der Waals surface area contributed by atoms with E-state index in [0.29, 0.717) is 48.8 Å². The fourth-order valence-corrected chi connectivity index (χ4v) is 3.98. The molecule has 0 aliphatic carbocycles. The molecular formula is C25H28N4O4. The van der Waals surface area contributed by atoms with E-state index in [4.69, 9.17) is 9.47 Å². The zero-order valence-corrected chi connectivity index (χ0v) is 19.4. The number of hydrogen-bond acceptors (Lipinski definition) is 6. The summed E-state index contributed by atoms with van der Waals surface area (Å²) in [5, 5.41) is 0. The van der Waals surface area contributed by atoms with Gasteiger partial charge in [-0.05, 0) is 49.7 Å². The average Bonchev–Trinajstić information content (AvgIpc) is 2.84. The van der Waals surface area contributed by atoms with E-state index < -0.39 is 0 Å². The van der Waals surface area contributed by atoms with E-state index in [0.717, 1.165) is 22.5 Å². The largest absolute Gasteiger partial charge is 0.493 e. The molecule has 0 radical (unpaired) electrons. The van der Waals surface area contributed by atoms with Gasteiger partial charge in [0.05, 0.1) is 43.1 Å². The van der Waals surface area contributed by atoms with E-state index in [1.807, 2.05) is 32.0 Å². The highest BCUT2D eigenvalue weighted by atomic mass is 16.5. The molecule has 4 rings (SSSR count). The van der Waals surface area contributed by atoms with Gasteiger partial charge in [0.2, 0.25) is 5.91 Å². The third kappa shape index (κ3) is 4.74. The van der Waals surface area contributed by atoms with Gasteiger partial charge in [-0.25, -0.2) is 9.97 Å². The van der Waals surface area contributed by atoms with Gasteiger partial charge >= 0.3 is 0 Å². The van der Waals surface area contributed by atoms with Crippen LogP contribution in [-0.2, 0) is 11.2 Å². The Labute approximate surface area is 193 Å². The third-order valence-corrected chi connectivity index (χ3v) is 6.05. The Kier molecular flexibility index (Phi) is 6.44. The molecule has 1 fully saturated rings. The predicted molar refractivity (Wildman–Crippen MR) is 125 cm³/mol. The maximum absolute atomic E-state index is 13.0. The molecule has 8 heteroatoms. The number of aryl methyl sites for hydroxylation is 2. The molecule has 172 valence electrons. The van der Waals surface area contributed by atoms with Gasteiger partial charge < -0.3 is 19.3 Å². The fourth-order valence-electron chi connectivity index (χ4n) is 3.98. The SMILES string of the molecule is COc1ccc(CC(=O)N2CCN(C(=O)c3ccc4nc(C)c(C)nc4c3)CC2)cc1OC. The maximum atomic E-state index is 13.0. The smallest absolute Gasteiger partial charge is 0.254 e. The van der Waals surface area contributed by atoms with Crippen molar-refractivity contribution in [2.24, 2.45) is 0 Å². The van der Waals surface area contributed by atoms with Crippen LogP contribution in [0.25, 0.3) is 11.0 Å². The van der Waals surface area contributed by atoms with Gasteiger partial charge in [0.15, 0.2) is 11.5 Å². The summed E-state index contributed by atoms with van der Waals surface area (Å²) in [6.45, 7) is 5.83. The summed E-state index contributed by atoms with van der Waals surface area (Å²) in [7, 11) is 3.15. The Morgan fingerprint density at radius 3 is 2.12 bits per heavy atom. The van der Waals surface area contributed by atoms with Gasteiger partial charge in [0.25, 0.3) is 5.91 Å². The Morgan fingerprint density at radius 2 is 1.45 bits per heavy atom. The van der Waals surface area contributed by atoms with Gasteiger partial charge in [0, 0.05) is 31.7 Å². The minimum Gasteiger partial charge on any atom is -0.493 e. The lowest BCUT2D eigenvalue weighted by Gasteiger charge is -2.35. The first-order chi connectivity index (χ1) is 15.9. The number of carbonyl (C=O) groups excluding carboxylic acids is 2. The van der Waals surface area contributed by atoms with E-state index in [9.17, 15) is 9.59 Å². The Morgan fingerprint density at radius 1 is 0.818 bits per heavy atom. The molecular weight excluding hydrogens is 420 g/mol. The number of piperazine rings is 1. The van der Waals surface area contributed by atoms with Crippen molar-refractivity contribution in [1.29, 1.82) is 0 Å². The summed E-state index contributed by atoms with van der Waals surface area (Å²) in [6.07, 6.45) is 0.274. The molecule has 1 aromatic heterocycles. The molecule has 1 saturated heterocycles. The van der Waals surface area contributed by atoms with Crippen molar-refractivity contribution >= 4 is 22.8 Å². The highest BCUT2D eigenvalue weighted by Gasteiger charge is 2.25. The van der Waals surface area contributed by atoms with Crippen LogP contribution in [-0.4, -0.2) is 72.0 Å². The zero-order chi connectivity index (χ0) is 23.5. The minimum atomic E-state index is -0.0519. The van der Waals surface area contributed by atoms with E-state index in [2.05, 4.69) is 9.97 Å². The Balaban J connectivity index is 1.38. The lowest BCUT2D eigenvalue weighted by atomic mass is 10.1. The van der Waals surface area contributed by atoms with Gasteiger partial charge in [-0.15, -0.1) is 0 Å². The topological polar surface area (TPSA) is 84.9 Å². The van der Waals surface area contributed by atoms with Crippen LogP contribution in [0.1, 0.15) is 27.3 Å². The number of benzene rings is 2. The highest BCUT2D eigenvalue weighted by Crippen LogP contribution is 2.28. The first kappa shape index (κ1) is 22.5. The molecule has 1 aliphatic rings. The van der Waals surface area contributed by atoms with Crippen LogP contribution in [0.15, 0.2) is 36.4 Å².